The summed E-state index contributed by atoms with van der Waals surface area (Å²) < 4.78 is 5.89. The Balaban J connectivity index is 1.82. The summed E-state index contributed by atoms with van der Waals surface area (Å²) >= 11 is 0. The van der Waals surface area contributed by atoms with Gasteiger partial charge in [-0.2, -0.15) is 0 Å². The second-order valence-electron chi connectivity index (χ2n) is 7.36. The molecule has 2 aliphatic rings. The Kier molecular flexibility index (Phi) is 5.27. The average Bonchev–Trinajstić information content (AvgIpc) is 2.52. The molecule has 2 rings (SSSR count). The number of hydrogen-bond acceptors (Lipinski definition) is 3. The molecule has 0 amide bonds. The second kappa shape index (κ2) is 6.55. The minimum Gasteiger partial charge on any atom is -0.375 e. The second-order valence-corrected chi connectivity index (χ2v) is 7.36. The average molecular weight is 268 g/mol. The standard InChI is InChI=1S/C16H32N2O/c1-15(2,3)19-13-12-18-11-7-10-17-16(14-18)8-5-4-6-9-16/h17H,4-14H2,1-3H3. The van der Waals surface area contributed by atoms with Crippen LogP contribution in [0.3, 0.4) is 0 Å². The molecule has 1 spiro atoms. The van der Waals surface area contributed by atoms with Crippen molar-refractivity contribution in [3.8, 4) is 0 Å². The molecule has 0 aromatic heterocycles. The van der Waals surface area contributed by atoms with Gasteiger partial charge >= 0.3 is 0 Å². The van der Waals surface area contributed by atoms with Crippen LogP contribution < -0.4 is 5.32 Å². The largest absolute Gasteiger partial charge is 0.375 e. The molecule has 3 nitrogen and oxygen atoms in total. The molecule has 1 aliphatic carbocycles. The van der Waals surface area contributed by atoms with Crippen LogP contribution >= 0.6 is 0 Å². The van der Waals surface area contributed by atoms with Crippen molar-refractivity contribution in [2.75, 3.05) is 32.8 Å². The van der Waals surface area contributed by atoms with Gasteiger partial charge < -0.3 is 10.1 Å². The summed E-state index contributed by atoms with van der Waals surface area (Å²) in [6.07, 6.45) is 8.24. The van der Waals surface area contributed by atoms with Crippen molar-refractivity contribution >= 4 is 0 Å². The quantitative estimate of drug-likeness (QED) is 0.852. The Morgan fingerprint density at radius 3 is 2.53 bits per heavy atom. The topological polar surface area (TPSA) is 24.5 Å². The lowest BCUT2D eigenvalue weighted by molar-refractivity contribution is -0.0152. The molecule has 1 N–H and O–H groups in total. The van der Waals surface area contributed by atoms with Crippen molar-refractivity contribution < 1.29 is 4.74 Å². The van der Waals surface area contributed by atoms with E-state index in [0.717, 1.165) is 13.2 Å². The molecular weight excluding hydrogens is 236 g/mol. The summed E-state index contributed by atoms with van der Waals surface area (Å²) in [5.74, 6) is 0. The summed E-state index contributed by atoms with van der Waals surface area (Å²) in [5.41, 5.74) is 0.406. The first kappa shape index (κ1) is 15.3. The van der Waals surface area contributed by atoms with Crippen LogP contribution in [-0.2, 0) is 4.74 Å². The zero-order valence-electron chi connectivity index (χ0n) is 13.1. The van der Waals surface area contributed by atoms with Gasteiger partial charge in [-0.1, -0.05) is 19.3 Å². The molecule has 0 bridgehead atoms. The highest BCUT2D eigenvalue weighted by atomic mass is 16.5. The normalized spacial score (nSPS) is 25.4. The van der Waals surface area contributed by atoms with E-state index >= 15 is 0 Å². The third-order valence-electron chi connectivity index (χ3n) is 4.43. The summed E-state index contributed by atoms with van der Waals surface area (Å²) in [5, 5.41) is 3.85. The molecule has 0 aromatic carbocycles. The van der Waals surface area contributed by atoms with Gasteiger partial charge in [0.15, 0.2) is 0 Å². The summed E-state index contributed by atoms with van der Waals surface area (Å²) in [4.78, 5) is 2.62. The van der Waals surface area contributed by atoms with E-state index in [1.807, 2.05) is 0 Å². The molecule has 1 saturated carbocycles. The van der Waals surface area contributed by atoms with Crippen molar-refractivity contribution in [3.05, 3.63) is 0 Å². The Bertz CT molecular complexity index is 266. The first-order valence-electron chi connectivity index (χ1n) is 8.11. The van der Waals surface area contributed by atoms with Gasteiger partial charge in [0.1, 0.15) is 0 Å². The molecule has 0 aromatic rings. The van der Waals surface area contributed by atoms with E-state index in [4.69, 9.17) is 4.74 Å². The maximum absolute atomic E-state index is 5.89. The predicted molar refractivity (Wildman–Crippen MR) is 80.6 cm³/mol. The zero-order valence-corrected chi connectivity index (χ0v) is 13.1. The molecule has 1 aliphatic heterocycles. The van der Waals surface area contributed by atoms with Gasteiger partial charge in [-0.15, -0.1) is 0 Å². The molecule has 2 fully saturated rings. The van der Waals surface area contributed by atoms with E-state index in [1.54, 1.807) is 0 Å². The van der Waals surface area contributed by atoms with Crippen molar-refractivity contribution in [2.45, 2.75) is 70.4 Å². The monoisotopic (exact) mass is 268 g/mol. The first-order chi connectivity index (χ1) is 8.99. The fraction of sp³-hybridized carbons (Fsp3) is 1.00. The predicted octanol–water partition coefficient (Wildman–Crippen LogP) is 2.80. The fourth-order valence-electron chi connectivity index (χ4n) is 3.45. The van der Waals surface area contributed by atoms with Gasteiger partial charge in [-0.25, -0.2) is 0 Å². The van der Waals surface area contributed by atoms with Crippen LogP contribution in [0.15, 0.2) is 0 Å². The van der Waals surface area contributed by atoms with Crippen molar-refractivity contribution in [1.29, 1.82) is 0 Å². The highest BCUT2D eigenvalue weighted by Gasteiger charge is 2.34. The van der Waals surface area contributed by atoms with Gasteiger partial charge in [0.25, 0.3) is 0 Å². The van der Waals surface area contributed by atoms with Gasteiger partial charge in [0.05, 0.1) is 12.2 Å². The van der Waals surface area contributed by atoms with Crippen LogP contribution in [0.25, 0.3) is 0 Å². The van der Waals surface area contributed by atoms with E-state index in [2.05, 4.69) is 31.0 Å². The molecule has 0 unspecified atom stereocenters. The van der Waals surface area contributed by atoms with Crippen LogP contribution in [-0.4, -0.2) is 48.8 Å². The van der Waals surface area contributed by atoms with Gasteiger partial charge in [0, 0.05) is 18.6 Å². The van der Waals surface area contributed by atoms with Crippen LogP contribution in [0.1, 0.15) is 59.3 Å². The van der Waals surface area contributed by atoms with E-state index in [0.29, 0.717) is 5.54 Å². The van der Waals surface area contributed by atoms with Gasteiger partial charge in [-0.05, 0) is 53.1 Å². The lowest BCUT2D eigenvalue weighted by Crippen LogP contribution is -2.53. The number of nitrogens with zero attached hydrogens (tertiary/aromatic N) is 1. The summed E-state index contributed by atoms with van der Waals surface area (Å²) in [7, 11) is 0. The molecule has 1 saturated heterocycles. The molecular formula is C16H32N2O. The molecule has 112 valence electrons. The Hall–Kier alpha value is -0.120. The molecule has 1 heterocycles. The van der Waals surface area contributed by atoms with E-state index in [9.17, 15) is 0 Å². The number of nitrogens with one attached hydrogen (secondary N) is 1. The number of ether oxygens (including phenoxy) is 1. The van der Waals surface area contributed by atoms with Crippen molar-refractivity contribution in [3.63, 3.8) is 0 Å². The Morgan fingerprint density at radius 1 is 1.11 bits per heavy atom. The first-order valence-corrected chi connectivity index (χ1v) is 8.11. The maximum atomic E-state index is 5.89. The SMILES string of the molecule is CC(C)(C)OCCN1CCCNC2(CCCCC2)C1. The minimum atomic E-state index is -0.00732. The minimum absolute atomic E-state index is 0.00732. The lowest BCUT2D eigenvalue weighted by atomic mass is 9.81. The molecule has 0 atom stereocenters. The summed E-state index contributed by atoms with van der Waals surface area (Å²) in [6, 6.07) is 0. The van der Waals surface area contributed by atoms with E-state index < -0.39 is 0 Å². The highest BCUT2D eigenvalue weighted by molar-refractivity contribution is 4.95. The Labute approximate surface area is 119 Å². The number of hydrogen-bond donors (Lipinski definition) is 1. The van der Waals surface area contributed by atoms with E-state index in [-0.39, 0.29) is 5.60 Å². The smallest absolute Gasteiger partial charge is 0.0600 e. The number of rotatable bonds is 3. The maximum Gasteiger partial charge on any atom is 0.0600 e. The van der Waals surface area contributed by atoms with E-state index in [1.165, 1.54) is 58.2 Å². The van der Waals surface area contributed by atoms with Crippen LogP contribution in [0, 0.1) is 0 Å². The zero-order chi connectivity index (χ0) is 13.8. The lowest BCUT2D eigenvalue weighted by Gasteiger charge is -2.40. The molecule has 19 heavy (non-hydrogen) atoms. The third-order valence-corrected chi connectivity index (χ3v) is 4.43. The summed E-state index contributed by atoms with van der Waals surface area (Å²) in [6.45, 7) is 12.0. The molecule has 0 radical (unpaired) electrons. The molecule has 3 heteroatoms. The Morgan fingerprint density at radius 2 is 1.84 bits per heavy atom. The van der Waals surface area contributed by atoms with Crippen molar-refractivity contribution in [1.82, 2.24) is 10.2 Å². The van der Waals surface area contributed by atoms with Gasteiger partial charge in [-0.3, -0.25) is 4.90 Å². The fourth-order valence-corrected chi connectivity index (χ4v) is 3.45. The van der Waals surface area contributed by atoms with Crippen LogP contribution in [0.5, 0.6) is 0 Å². The highest BCUT2D eigenvalue weighted by Crippen LogP contribution is 2.30. The van der Waals surface area contributed by atoms with Crippen LogP contribution in [0.2, 0.25) is 0 Å². The van der Waals surface area contributed by atoms with Crippen LogP contribution in [0.4, 0.5) is 0 Å². The third kappa shape index (κ3) is 5.05. The van der Waals surface area contributed by atoms with Gasteiger partial charge in [0.2, 0.25) is 0 Å². The van der Waals surface area contributed by atoms with Crippen molar-refractivity contribution in [2.24, 2.45) is 0 Å².